The molecule has 132 valence electrons. The fraction of sp³-hybridized carbons (Fsp3) is 0.389. The molecule has 1 aromatic carbocycles. The number of hydrogen-bond acceptors (Lipinski definition) is 5. The van der Waals surface area contributed by atoms with Gasteiger partial charge in [-0.15, -0.1) is 11.3 Å². The lowest BCUT2D eigenvalue weighted by molar-refractivity contribution is -0.128. The van der Waals surface area contributed by atoms with Crippen LogP contribution in [0.4, 0.5) is 5.69 Å². The Hall–Kier alpha value is -2.41. The second-order valence-electron chi connectivity index (χ2n) is 6.12. The van der Waals surface area contributed by atoms with E-state index in [1.54, 1.807) is 30.4 Å². The van der Waals surface area contributed by atoms with Gasteiger partial charge < -0.3 is 10.1 Å². The predicted molar refractivity (Wildman–Crippen MR) is 97.0 cm³/mol. The van der Waals surface area contributed by atoms with Crippen LogP contribution in [0.25, 0.3) is 0 Å². The predicted octanol–water partition coefficient (Wildman–Crippen LogP) is 2.75. The molecule has 2 aromatic rings. The molecule has 0 fully saturated rings. The first-order valence-electron chi connectivity index (χ1n) is 8.17. The Balaban J connectivity index is 1.74. The fourth-order valence-electron chi connectivity index (χ4n) is 2.97. The van der Waals surface area contributed by atoms with Crippen molar-refractivity contribution in [3.63, 3.8) is 0 Å². The average Bonchev–Trinajstić information content (AvgIpc) is 2.90. The number of hydrogen-bond donors (Lipinski definition) is 1. The Morgan fingerprint density at radius 1 is 1.40 bits per heavy atom. The van der Waals surface area contributed by atoms with Crippen molar-refractivity contribution in [2.75, 3.05) is 11.4 Å². The summed E-state index contributed by atoms with van der Waals surface area (Å²) in [5.74, 6) is 0.186. The molecule has 6 nitrogen and oxygen atoms in total. The molecule has 3 rings (SSSR count). The molecular weight excluding hydrogens is 338 g/mol. The standard InChI is InChI=1S/C18H21N3O3S/c1-10-17(25-13(4)19-10)11(2)20-16(22)9-21-14-7-5-6-8-15(14)24-12(3)18(21)23/h5-8,11-12H,9H2,1-4H3,(H,20,22)/t11-,12-/m0/s1. The summed E-state index contributed by atoms with van der Waals surface area (Å²) in [7, 11) is 0. The van der Waals surface area contributed by atoms with Crippen molar-refractivity contribution in [2.45, 2.75) is 39.8 Å². The second kappa shape index (κ2) is 6.84. The Morgan fingerprint density at radius 2 is 2.12 bits per heavy atom. The molecule has 0 saturated carbocycles. The van der Waals surface area contributed by atoms with Crippen molar-refractivity contribution in [2.24, 2.45) is 0 Å². The molecule has 2 heterocycles. The van der Waals surface area contributed by atoms with Crippen LogP contribution in [-0.4, -0.2) is 29.4 Å². The molecule has 0 bridgehead atoms. The highest BCUT2D eigenvalue weighted by Crippen LogP contribution is 2.33. The molecule has 1 aliphatic rings. The number of aryl methyl sites for hydroxylation is 2. The minimum Gasteiger partial charge on any atom is -0.479 e. The van der Waals surface area contributed by atoms with Crippen molar-refractivity contribution in [1.29, 1.82) is 0 Å². The molecule has 1 aromatic heterocycles. The molecule has 25 heavy (non-hydrogen) atoms. The third-order valence-electron chi connectivity index (χ3n) is 4.09. The van der Waals surface area contributed by atoms with Gasteiger partial charge in [0.15, 0.2) is 6.10 Å². The first-order chi connectivity index (χ1) is 11.9. The summed E-state index contributed by atoms with van der Waals surface area (Å²) in [5, 5.41) is 3.93. The van der Waals surface area contributed by atoms with Crippen LogP contribution in [0.15, 0.2) is 24.3 Å². The van der Waals surface area contributed by atoms with Gasteiger partial charge in [0, 0.05) is 4.88 Å². The molecule has 2 atom stereocenters. The van der Waals surface area contributed by atoms with Crippen molar-refractivity contribution in [3.8, 4) is 5.75 Å². The van der Waals surface area contributed by atoms with E-state index in [-0.39, 0.29) is 24.4 Å². The molecule has 0 unspecified atom stereocenters. The Morgan fingerprint density at radius 3 is 2.80 bits per heavy atom. The number of ether oxygens (including phenoxy) is 1. The number of nitrogens with one attached hydrogen (secondary N) is 1. The van der Waals surface area contributed by atoms with E-state index in [9.17, 15) is 9.59 Å². The second-order valence-corrected chi connectivity index (χ2v) is 7.36. The molecule has 7 heteroatoms. The number of nitrogens with zero attached hydrogens (tertiary/aromatic N) is 2. The van der Waals surface area contributed by atoms with E-state index in [0.717, 1.165) is 15.6 Å². The van der Waals surface area contributed by atoms with Crippen LogP contribution in [-0.2, 0) is 9.59 Å². The Kier molecular flexibility index (Phi) is 4.76. The van der Waals surface area contributed by atoms with Crippen LogP contribution >= 0.6 is 11.3 Å². The van der Waals surface area contributed by atoms with Gasteiger partial charge in [0.2, 0.25) is 5.91 Å². The number of thiazole rings is 1. The minimum absolute atomic E-state index is 0.0370. The van der Waals surface area contributed by atoms with Gasteiger partial charge >= 0.3 is 0 Å². The number of carbonyl (C=O) groups excluding carboxylic acids is 2. The fourth-order valence-corrected chi connectivity index (χ4v) is 3.90. The van der Waals surface area contributed by atoms with Crippen molar-refractivity contribution < 1.29 is 14.3 Å². The van der Waals surface area contributed by atoms with Crippen LogP contribution < -0.4 is 15.0 Å². The van der Waals surface area contributed by atoms with E-state index in [2.05, 4.69) is 10.3 Å². The number of amides is 2. The normalized spacial score (nSPS) is 17.7. The van der Waals surface area contributed by atoms with E-state index >= 15 is 0 Å². The van der Waals surface area contributed by atoms with E-state index < -0.39 is 6.10 Å². The smallest absolute Gasteiger partial charge is 0.268 e. The van der Waals surface area contributed by atoms with Crippen LogP contribution in [0.3, 0.4) is 0 Å². The first kappa shape index (κ1) is 17.4. The number of rotatable bonds is 4. The molecule has 0 spiro atoms. The van der Waals surface area contributed by atoms with Gasteiger partial charge in [-0.2, -0.15) is 0 Å². The van der Waals surface area contributed by atoms with Gasteiger partial charge in [0.05, 0.1) is 22.4 Å². The minimum atomic E-state index is -0.605. The number of carbonyl (C=O) groups is 2. The highest BCUT2D eigenvalue weighted by molar-refractivity contribution is 7.11. The van der Waals surface area contributed by atoms with Gasteiger partial charge in [-0.3, -0.25) is 14.5 Å². The number of fused-ring (bicyclic) bond motifs is 1. The number of para-hydroxylation sites is 2. The first-order valence-corrected chi connectivity index (χ1v) is 8.99. The number of benzene rings is 1. The summed E-state index contributed by atoms with van der Waals surface area (Å²) in [5.41, 5.74) is 1.55. The summed E-state index contributed by atoms with van der Waals surface area (Å²) in [4.78, 5) is 31.9. The maximum absolute atomic E-state index is 12.5. The zero-order valence-electron chi connectivity index (χ0n) is 14.7. The highest BCUT2D eigenvalue weighted by Gasteiger charge is 2.32. The topological polar surface area (TPSA) is 71.5 Å². The van der Waals surface area contributed by atoms with Crippen molar-refractivity contribution in [3.05, 3.63) is 39.8 Å². The monoisotopic (exact) mass is 359 g/mol. The number of aromatic nitrogens is 1. The maximum atomic E-state index is 12.5. The van der Waals surface area contributed by atoms with E-state index in [1.807, 2.05) is 32.9 Å². The third-order valence-corrected chi connectivity index (χ3v) is 5.34. The molecular formula is C18H21N3O3S. The maximum Gasteiger partial charge on any atom is 0.268 e. The van der Waals surface area contributed by atoms with Crippen LogP contribution in [0, 0.1) is 13.8 Å². The molecule has 2 amide bonds. The lowest BCUT2D eigenvalue weighted by Gasteiger charge is -2.32. The quantitative estimate of drug-likeness (QED) is 0.911. The summed E-state index contributed by atoms with van der Waals surface area (Å²) in [6.45, 7) is 7.46. The zero-order chi connectivity index (χ0) is 18.1. The third kappa shape index (κ3) is 3.51. The van der Waals surface area contributed by atoms with Crippen molar-refractivity contribution in [1.82, 2.24) is 10.3 Å². The van der Waals surface area contributed by atoms with E-state index in [1.165, 1.54) is 4.90 Å². The summed E-state index contributed by atoms with van der Waals surface area (Å²) in [6.07, 6.45) is -0.605. The van der Waals surface area contributed by atoms with Gasteiger partial charge in [0.1, 0.15) is 12.3 Å². The van der Waals surface area contributed by atoms with Crippen LogP contribution in [0.5, 0.6) is 5.75 Å². The molecule has 1 N–H and O–H groups in total. The summed E-state index contributed by atoms with van der Waals surface area (Å²) >= 11 is 1.57. The van der Waals surface area contributed by atoms with Crippen LogP contribution in [0.2, 0.25) is 0 Å². The average molecular weight is 359 g/mol. The molecule has 0 radical (unpaired) electrons. The van der Waals surface area contributed by atoms with Gasteiger partial charge in [-0.1, -0.05) is 12.1 Å². The van der Waals surface area contributed by atoms with E-state index in [0.29, 0.717) is 11.4 Å². The van der Waals surface area contributed by atoms with E-state index in [4.69, 9.17) is 4.74 Å². The van der Waals surface area contributed by atoms with Crippen molar-refractivity contribution >= 4 is 28.8 Å². The summed E-state index contributed by atoms with van der Waals surface area (Å²) in [6, 6.07) is 7.10. The summed E-state index contributed by atoms with van der Waals surface area (Å²) < 4.78 is 5.60. The molecule has 0 aliphatic carbocycles. The largest absolute Gasteiger partial charge is 0.479 e. The van der Waals surface area contributed by atoms with Gasteiger partial charge in [-0.05, 0) is 39.8 Å². The van der Waals surface area contributed by atoms with Gasteiger partial charge in [0.25, 0.3) is 5.91 Å². The SMILES string of the molecule is Cc1nc(C)c([C@H](C)NC(=O)CN2C(=O)[C@H](C)Oc3ccccc32)s1. The van der Waals surface area contributed by atoms with Gasteiger partial charge in [-0.25, -0.2) is 4.98 Å². The lowest BCUT2D eigenvalue weighted by Crippen LogP contribution is -2.49. The Bertz CT molecular complexity index is 818. The number of anilines is 1. The molecule has 1 aliphatic heterocycles. The van der Waals surface area contributed by atoms with Crippen LogP contribution in [0.1, 0.15) is 35.5 Å². The Labute approximate surface area is 150 Å². The highest BCUT2D eigenvalue weighted by atomic mass is 32.1. The molecule has 0 saturated heterocycles. The zero-order valence-corrected chi connectivity index (χ0v) is 15.5. The lowest BCUT2D eigenvalue weighted by atomic mass is 10.2.